The number of carbonyl (C=O) groups excluding carboxylic acids is 2. The zero-order valence-electron chi connectivity index (χ0n) is 12.9. The summed E-state index contributed by atoms with van der Waals surface area (Å²) in [5, 5.41) is 3.51. The van der Waals surface area contributed by atoms with Crippen LogP contribution in [0.5, 0.6) is 5.75 Å². The van der Waals surface area contributed by atoms with Crippen LogP contribution in [0.25, 0.3) is 0 Å². The highest BCUT2D eigenvalue weighted by Crippen LogP contribution is 2.25. The number of halogens is 3. The molecule has 2 aromatic rings. The minimum atomic E-state index is -0.722. The van der Waals surface area contributed by atoms with Crippen molar-refractivity contribution in [2.45, 2.75) is 0 Å². The van der Waals surface area contributed by atoms with Crippen LogP contribution in [0, 0.1) is 0 Å². The van der Waals surface area contributed by atoms with Gasteiger partial charge in [-0.25, -0.2) is 4.79 Å². The van der Waals surface area contributed by atoms with Gasteiger partial charge in [0, 0.05) is 5.02 Å². The first-order chi connectivity index (χ1) is 12.0. The molecule has 0 aliphatic heterocycles. The van der Waals surface area contributed by atoms with Crippen molar-refractivity contribution in [2.75, 3.05) is 19.8 Å². The summed E-state index contributed by atoms with van der Waals surface area (Å²) in [4.78, 5) is 23.6. The molecule has 0 saturated carbocycles. The fourth-order valence-electron chi connectivity index (χ4n) is 1.81. The Morgan fingerprint density at radius 3 is 2.44 bits per heavy atom. The average molecular weight is 403 g/mol. The molecule has 1 amide bonds. The van der Waals surface area contributed by atoms with Crippen LogP contribution >= 0.6 is 34.8 Å². The quantitative estimate of drug-likeness (QED) is 0.561. The predicted molar refractivity (Wildman–Crippen MR) is 96.7 cm³/mol. The van der Waals surface area contributed by atoms with E-state index in [-0.39, 0.29) is 28.8 Å². The van der Waals surface area contributed by atoms with Gasteiger partial charge in [0.1, 0.15) is 12.4 Å². The standard InChI is InChI=1S/C17H14Cl3NO4/c18-11-4-6-12(7-5-11)24-9-8-21-15(22)10-25-17(23)13-2-1-3-14(19)16(13)20/h1-7H,8-10H2,(H,21,22). The van der Waals surface area contributed by atoms with Crippen LogP contribution in [0.2, 0.25) is 15.1 Å². The first-order valence-electron chi connectivity index (χ1n) is 7.23. The van der Waals surface area contributed by atoms with Crippen LogP contribution in [0.15, 0.2) is 42.5 Å². The van der Waals surface area contributed by atoms with Crippen molar-refractivity contribution in [1.29, 1.82) is 0 Å². The van der Waals surface area contributed by atoms with Crippen LogP contribution in [-0.4, -0.2) is 31.6 Å². The summed E-state index contributed by atoms with van der Waals surface area (Å²) in [6, 6.07) is 11.4. The number of nitrogens with one attached hydrogen (secondary N) is 1. The molecule has 0 bridgehead atoms. The predicted octanol–water partition coefficient (Wildman–Crippen LogP) is 4.00. The van der Waals surface area contributed by atoms with Crippen molar-refractivity contribution < 1.29 is 19.1 Å². The fraction of sp³-hybridized carbons (Fsp3) is 0.176. The minimum absolute atomic E-state index is 0.0888. The average Bonchev–Trinajstić information content (AvgIpc) is 2.60. The first-order valence-corrected chi connectivity index (χ1v) is 8.37. The Kier molecular flexibility index (Phi) is 7.37. The van der Waals surface area contributed by atoms with Gasteiger partial charge < -0.3 is 14.8 Å². The van der Waals surface area contributed by atoms with E-state index in [1.54, 1.807) is 36.4 Å². The summed E-state index contributed by atoms with van der Waals surface area (Å²) in [6.45, 7) is 0.0982. The Bertz CT molecular complexity index is 750. The summed E-state index contributed by atoms with van der Waals surface area (Å²) >= 11 is 17.5. The molecule has 0 fully saturated rings. The minimum Gasteiger partial charge on any atom is -0.492 e. The molecular weight excluding hydrogens is 389 g/mol. The van der Waals surface area contributed by atoms with Gasteiger partial charge in [0.2, 0.25) is 0 Å². The number of rotatable bonds is 7. The largest absolute Gasteiger partial charge is 0.492 e. The number of amides is 1. The monoisotopic (exact) mass is 401 g/mol. The lowest BCUT2D eigenvalue weighted by atomic mass is 10.2. The molecule has 0 radical (unpaired) electrons. The lowest BCUT2D eigenvalue weighted by molar-refractivity contribution is -0.124. The number of esters is 1. The second kappa shape index (κ2) is 9.51. The topological polar surface area (TPSA) is 64.6 Å². The van der Waals surface area contributed by atoms with Gasteiger partial charge in [0.05, 0.1) is 22.2 Å². The molecular formula is C17H14Cl3NO4. The highest BCUT2D eigenvalue weighted by atomic mass is 35.5. The number of hydrogen-bond donors (Lipinski definition) is 1. The van der Waals surface area contributed by atoms with E-state index in [4.69, 9.17) is 44.3 Å². The van der Waals surface area contributed by atoms with E-state index in [9.17, 15) is 9.59 Å². The first kappa shape index (κ1) is 19.4. The third-order valence-corrected chi connectivity index (χ3v) is 4.08. The molecule has 0 aliphatic carbocycles. The molecule has 0 saturated heterocycles. The smallest absolute Gasteiger partial charge is 0.340 e. The van der Waals surface area contributed by atoms with Crippen LogP contribution in [0.1, 0.15) is 10.4 Å². The molecule has 1 N–H and O–H groups in total. The number of carbonyl (C=O) groups is 2. The molecule has 0 heterocycles. The van der Waals surface area contributed by atoms with E-state index in [1.165, 1.54) is 6.07 Å². The molecule has 0 aromatic heterocycles. The van der Waals surface area contributed by atoms with Crippen LogP contribution < -0.4 is 10.1 Å². The Morgan fingerprint density at radius 1 is 1.00 bits per heavy atom. The molecule has 2 rings (SSSR count). The Hall–Kier alpha value is -1.95. The highest BCUT2D eigenvalue weighted by molar-refractivity contribution is 6.43. The van der Waals surface area contributed by atoms with Gasteiger partial charge in [0.25, 0.3) is 5.91 Å². The molecule has 8 heteroatoms. The van der Waals surface area contributed by atoms with Gasteiger partial charge in [0.15, 0.2) is 6.61 Å². The van der Waals surface area contributed by atoms with E-state index >= 15 is 0 Å². The van der Waals surface area contributed by atoms with Gasteiger partial charge in [-0.1, -0.05) is 40.9 Å². The van der Waals surface area contributed by atoms with E-state index in [0.29, 0.717) is 10.8 Å². The van der Waals surface area contributed by atoms with E-state index in [1.807, 2.05) is 0 Å². The van der Waals surface area contributed by atoms with Crippen molar-refractivity contribution in [1.82, 2.24) is 5.32 Å². The van der Waals surface area contributed by atoms with E-state index < -0.39 is 18.5 Å². The van der Waals surface area contributed by atoms with Crippen LogP contribution in [-0.2, 0) is 9.53 Å². The van der Waals surface area contributed by atoms with Crippen molar-refractivity contribution in [3.05, 3.63) is 63.1 Å². The van der Waals surface area contributed by atoms with Gasteiger partial charge >= 0.3 is 5.97 Å². The normalized spacial score (nSPS) is 10.2. The fourth-order valence-corrected chi connectivity index (χ4v) is 2.32. The second-order valence-electron chi connectivity index (χ2n) is 4.83. The van der Waals surface area contributed by atoms with E-state index in [2.05, 4.69) is 5.32 Å². The SMILES string of the molecule is O=C(COC(=O)c1cccc(Cl)c1Cl)NCCOc1ccc(Cl)cc1. The third kappa shape index (κ3) is 6.12. The van der Waals surface area contributed by atoms with Crippen molar-refractivity contribution in [3.63, 3.8) is 0 Å². The maximum Gasteiger partial charge on any atom is 0.340 e. The zero-order chi connectivity index (χ0) is 18.2. The third-order valence-electron chi connectivity index (χ3n) is 3.01. The van der Waals surface area contributed by atoms with Crippen molar-refractivity contribution in [3.8, 4) is 5.75 Å². The van der Waals surface area contributed by atoms with Crippen molar-refractivity contribution in [2.24, 2.45) is 0 Å². The number of benzene rings is 2. The Morgan fingerprint density at radius 2 is 1.72 bits per heavy atom. The molecule has 2 aromatic carbocycles. The second-order valence-corrected chi connectivity index (χ2v) is 6.05. The Balaban J connectivity index is 1.69. The molecule has 0 atom stereocenters. The van der Waals surface area contributed by atoms with Gasteiger partial charge in [-0.15, -0.1) is 0 Å². The van der Waals surface area contributed by atoms with Crippen LogP contribution in [0.3, 0.4) is 0 Å². The van der Waals surface area contributed by atoms with E-state index in [0.717, 1.165) is 0 Å². The molecule has 132 valence electrons. The summed E-state index contributed by atoms with van der Waals surface area (Å²) < 4.78 is 10.3. The molecule has 0 aliphatic rings. The summed E-state index contributed by atoms with van der Waals surface area (Å²) in [5.41, 5.74) is 0.105. The zero-order valence-corrected chi connectivity index (χ0v) is 15.2. The maximum absolute atomic E-state index is 11.9. The van der Waals surface area contributed by atoms with Crippen LogP contribution in [0.4, 0.5) is 0 Å². The maximum atomic E-state index is 11.9. The number of hydrogen-bond acceptors (Lipinski definition) is 4. The molecule has 0 spiro atoms. The summed E-state index contributed by atoms with van der Waals surface area (Å²) in [7, 11) is 0. The summed E-state index contributed by atoms with van der Waals surface area (Å²) in [6.07, 6.45) is 0. The lowest BCUT2D eigenvalue weighted by Crippen LogP contribution is -2.32. The molecule has 0 unspecified atom stereocenters. The highest BCUT2D eigenvalue weighted by Gasteiger charge is 2.15. The lowest BCUT2D eigenvalue weighted by Gasteiger charge is -2.09. The molecule has 5 nitrogen and oxygen atoms in total. The molecule has 25 heavy (non-hydrogen) atoms. The summed E-state index contributed by atoms with van der Waals surface area (Å²) in [5.74, 6) is -0.535. The Labute approximate surface area is 159 Å². The van der Waals surface area contributed by atoms with Gasteiger partial charge in [-0.2, -0.15) is 0 Å². The number of ether oxygens (including phenoxy) is 2. The van der Waals surface area contributed by atoms with Crippen molar-refractivity contribution >= 4 is 46.7 Å². The van der Waals surface area contributed by atoms with Gasteiger partial charge in [-0.05, 0) is 36.4 Å². The van der Waals surface area contributed by atoms with Gasteiger partial charge in [-0.3, -0.25) is 4.79 Å².